The van der Waals surface area contributed by atoms with Crippen LogP contribution in [0, 0.1) is 0 Å². The van der Waals surface area contributed by atoms with Gasteiger partial charge < -0.3 is 4.89 Å². The van der Waals surface area contributed by atoms with E-state index in [-0.39, 0.29) is 6.54 Å². The van der Waals surface area contributed by atoms with Crippen LogP contribution in [0.1, 0.15) is 0 Å². The highest BCUT2D eigenvalue weighted by atomic mass is 31.2. The van der Waals surface area contributed by atoms with Crippen LogP contribution in [0.15, 0.2) is 36.7 Å². The molecule has 24 heavy (non-hydrogen) atoms. The number of hydrogen-bond donors (Lipinski definition) is 3. The van der Waals surface area contributed by atoms with Crippen molar-refractivity contribution in [2.75, 3.05) is 13.1 Å². The third-order valence-corrected chi connectivity index (χ3v) is 3.28. The number of rotatable bonds is 3. The second-order valence-electron chi connectivity index (χ2n) is 4.27. The molecule has 0 saturated carbocycles. The summed E-state index contributed by atoms with van der Waals surface area (Å²) >= 11 is 0. The summed E-state index contributed by atoms with van der Waals surface area (Å²) in [6.07, 6.45) is -1.83. The number of halogens is 3. The molecule has 0 bridgehead atoms. The van der Waals surface area contributed by atoms with E-state index in [0.29, 0.717) is 11.7 Å². The summed E-state index contributed by atoms with van der Waals surface area (Å²) in [6.45, 7) is 0.456. The molecule has 1 aromatic heterocycles. The van der Waals surface area contributed by atoms with Crippen LogP contribution in [-0.4, -0.2) is 39.5 Å². The van der Waals surface area contributed by atoms with E-state index in [1.54, 1.807) is 12.4 Å². The van der Waals surface area contributed by atoms with E-state index in [1.165, 1.54) is 0 Å². The lowest BCUT2D eigenvalue weighted by atomic mass is 10.3. The van der Waals surface area contributed by atoms with Crippen LogP contribution >= 0.6 is 7.82 Å². The first-order chi connectivity index (χ1) is 11.3. The molecule has 3 N–H and O–H groups in total. The normalized spacial score (nSPS) is 18.0. The van der Waals surface area contributed by atoms with Crippen LogP contribution in [0.4, 0.5) is 13.2 Å². The fourth-order valence-electron chi connectivity index (χ4n) is 1.60. The summed E-state index contributed by atoms with van der Waals surface area (Å²) in [5.74, 6) is 0. The molecule has 2 heterocycles. The number of hydroxylamine groups is 1. The molecule has 2 aromatic rings. The van der Waals surface area contributed by atoms with Gasteiger partial charge in [0.2, 0.25) is 0 Å². The predicted octanol–water partition coefficient (Wildman–Crippen LogP) is 1.51. The molecule has 0 radical (unpaired) electrons. The van der Waals surface area contributed by atoms with Crippen LogP contribution in [0.2, 0.25) is 0 Å². The zero-order valence-electron chi connectivity index (χ0n) is 12.0. The average molecular weight is 367 g/mol. The molecule has 1 fully saturated rings. The number of benzene rings is 1. The molecule has 0 spiro atoms. The van der Waals surface area contributed by atoms with Crippen LogP contribution < -0.4 is 11.0 Å². The van der Waals surface area contributed by atoms with E-state index in [0.717, 1.165) is 11.0 Å². The third kappa shape index (κ3) is 6.45. The molecule has 3 rings (SSSR count). The second-order valence-corrected chi connectivity index (χ2v) is 5.56. The molecule has 1 aromatic carbocycles. The zero-order valence-corrected chi connectivity index (χ0v) is 12.9. The predicted molar refractivity (Wildman–Crippen MR) is 75.4 cm³/mol. The maximum absolute atomic E-state index is 11.5. The van der Waals surface area contributed by atoms with E-state index in [1.807, 2.05) is 24.3 Å². The van der Waals surface area contributed by atoms with Gasteiger partial charge in [-0.1, -0.05) is 17.3 Å². The molecule has 1 aliphatic rings. The summed E-state index contributed by atoms with van der Waals surface area (Å²) in [5.41, 5.74) is 6.52. The van der Waals surface area contributed by atoms with Gasteiger partial charge in [0.05, 0.1) is 17.6 Å². The highest BCUT2D eigenvalue weighted by molar-refractivity contribution is 7.47. The number of alkyl halides is 3. The molecule has 9 nitrogen and oxygen atoms in total. The summed E-state index contributed by atoms with van der Waals surface area (Å²) in [6, 6.07) is 7.80. The van der Waals surface area contributed by atoms with Crippen molar-refractivity contribution in [3.63, 3.8) is 0 Å². The summed E-state index contributed by atoms with van der Waals surface area (Å²) < 4.78 is 52.1. The number of phosphoric ester groups is 1. The Morgan fingerprint density at radius 2 is 1.79 bits per heavy atom. The van der Waals surface area contributed by atoms with Crippen LogP contribution in [0.3, 0.4) is 0 Å². The number of hydrazine groups is 2. The maximum Gasteiger partial charge on any atom is 0.531 e. The van der Waals surface area contributed by atoms with Crippen molar-refractivity contribution in [3.8, 4) is 0 Å². The quantitative estimate of drug-likeness (QED) is 0.696. The molecule has 0 amide bonds. The summed E-state index contributed by atoms with van der Waals surface area (Å²) in [5, 5.41) is 0.631. The molecule has 1 saturated heterocycles. The van der Waals surface area contributed by atoms with Crippen LogP contribution in [-0.2, 0) is 13.7 Å². The number of fused-ring (bicyclic) bond motifs is 1. The smallest absolute Gasteiger partial charge is 0.301 e. The van der Waals surface area contributed by atoms with Gasteiger partial charge in [0.1, 0.15) is 0 Å². The highest BCUT2D eigenvalue weighted by Crippen LogP contribution is 2.49. The fraction of sp³-hybridized carbons (Fsp3) is 0.273. The third-order valence-electron chi connectivity index (χ3n) is 2.44. The molecule has 1 unspecified atom stereocenters. The van der Waals surface area contributed by atoms with Crippen molar-refractivity contribution in [1.29, 1.82) is 0 Å². The standard InChI is InChI=1S/C8H6N2.C3H7F3N3O4P/c1-2-4-8-7(3-1)9-5-6-10-8;4-3(5,6)12-14(10,11)13-9-2-1-7-8-9/h1-6H;7-8H,1-2H2,(H,10,11). The van der Waals surface area contributed by atoms with E-state index in [2.05, 4.69) is 30.1 Å². The highest BCUT2D eigenvalue weighted by Gasteiger charge is 2.42. The Morgan fingerprint density at radius 3 is 2.25 bits per heavy atom. The van der Waals surface area contributed by atoms with Crippen molar-refractivity contribution in [2.45, 2.75) is 6.36 Å². The first-order valence-corrected chi connectivity index (χ1v) is 7.96. The topological polar surface area (TPSA) is 109 Å². The first kappa shape index (κ1) is 18.7. The Balaban J connectivity index is 0.000000182. The second kappa shape index (κ2) is 7.94. The van der Waals surface area contributed by atoms with Crippen molar-refractivity contribution in [2.24, 2.45) is 0 Å². The maximum atomic E-state index is 11.5. The number of para-hydroxylation sites is 2. The van der Waals surface area contributed by atoms with E-state index in [9.17, 15) is 17.7 Å². The molecular weight excluding hydrogens is 354 g/mol. The monoisotopic (exact) mass is 367 g/mol. The Labute approximate surface area is 133 Å². The number of nitrogens with zero attached hydrogens (tertiary/aromatic N) is 3. The Hall–Kier alpha value is -1.66. The number of aromatic nitrogens is 2. The minimum Gasteiger partial charge on any atom is -0.301 e. The summed E-state index contributed by atoms with van der Waals surface area (Å²) in [4.78, 5) is 16.8. The molecule has 132 valence electrons. The van der Waals surface area contributed by atoms with E-state index in [4.69, 9.17) is 4.89 Å². The zero-order chi connectivity index (χ0) is 17.6. The van der Waals surface area contributed by atoms with Crippen LogP contribution in [0.5, 0.6) is 0 Å². The van der Waals surface area contributed by atoms with Gasteiger partial charge in [0.25, 0.3) is 0 Å². The molecular formula is C11H13F3N5O4P. The largest absolute Gasteiger partial charge is 0.531 e. The van der Waals surface area contributed by atoms with Crippen molar-refractivity contribution in [1.82, 2.24) is 26.1 Å². The molecule has 1 aliphatic heterocycles. The number of nitrogens with one attached hydrogen (secondary N) is 2. The van der Waals surface area contributed by atoms with Crippen LogP contribution in [0.25, 0.3) is 11.0 Å². The van der Waals surface area contributed by atoms with Gasteiger partial charge in [-0.15, -0.1) is 13.2 Å². The molecule has 1 atom stereocenters. The lowest BCUT2D eigenvalue weighted by Crippen LogP contribution is -2.35. The van der Waals surface area contributed by atoms with Gasteiger partial charge in [-0.2, -0.15) is 14.7 Å². The Bertz CT molecular complexity index is 648. The SMILES string of the molecule is O=P(O)(ON1CCNN1)OC(F)(F)F.c1ccc2nccnc2c1. The Morgan fingerprint density at radius 1 is 1.21 bits per heavy atom. The van der Waals surface area contributed by atoms with E-state index >= 15 is 0 Å². The molecule has 13 heteroatoms. The summed E-state index contributed by atoms with van der Waals surface area (Å²) in [7, 11) is -5.16. The van der Waals surface area contributed by atoms with Gasteiger partial charge in [-0.3, -0.25) is 9.97 Å². The van der Waals surface area contributed by atoms with Gasteiger partial charge in [-0.25, -0.2) is 9.99 Å². The minimum absolute atomic E-state index is 0.103. The first-order valence-electron chi connectivity index (χ1n) is 6.47. The van der Waals surface area contributed by atoms with Crippen molar-refractivity contribution in [3.05, 3.63) is 36.7 Å². The Kier molecular flexibility index (Phi) is 6.18. The number of hydrogen-bond acceptors (Lipinski definition) is 8. The van der Waals surface area contributed by atoms with Gasteiger partial charge in [0, 0.05) is 18.9 Å². The van der Waals surface area contributed by atoms with E-state index < -0.39 is 14.2 Å². The fourth-order valence-corrected chi connectivity index (χ4v) is 2.27. The van der Waals surface area contributed by atoms with Crippen molar-refractivity contribution >= 4 is 18.9 Å². The minimum atomic E-state index is -5.22. The van der Waals surface area contributed by atoms with Gasteiger partial charge >= 0.3 is 14.2 Å². The lowest BCUT2D eigenvalue weighted by molar-refractivity contribution is -0.289. The lowest BCUT2D eigenvalue weighted by Gasteiger charge is -2.18. The van der Waals surface area contributed by atoms with Gasteiger partial charge in [-0.05, 0) is 12.1 Å². The van der Waals surface area contributed by atoms with Crippen molar-refractivity contribution < 1.29 is 31.8 Å². The average Bonchev–Trinajstić information content (AvgIpc) is 2.97. The number of phosphoric acid groups is 1. The van der Waals surface area contributed by atoms with Gasteiger partial charge in [0.15, 0.2) is 0 Å². The molecule has 0 aliphatic carbocycles.